The van der Waals surface area contributed by atoms with Gasteiger partial charge in [-0.15, -0.1) is 11.3 Å². The Morgan fingerprint density at radius 1 is 1.29 bits per heavy atom. The van der Waals surface area contributed by atoms with Gasteiger partial charge in [0.25, 0.3) is 5.91 Å². The molecule has 1 heterocycles. The second-order valence-corrected chi connectivity index (χ2v) is 6.85. The molecule has 0 radical (unpaired) electrons. The van der Waals surface area contributed by atoms with E-state index in [-0.39, 0.29) is 5.91 Å². The Bertz CT molecular complexity index is 861. The van der Waals surface area contributed by atoms with Gasteiger partial charge in [0.15, 0.2) is 5.13 Å². The first-order valence-corrected chi connectivity index (χ1v) is 9.89. The number of nitrogens with zero attached hydrogens (tertiary/aromatic N) is 1. The normalized spacial score (nSPS) is 10.8. The lowest BCUT2D eigenvalue weighted by Crippen LogP contribution is -2.14. The highest BCUT2D eigenvalue weighted by Gasteiger charge is 2.18. The zero-order valence-corrected chi connectivity index (χ0v) is 15.2. The minimum Gasteiger partial charge on any atom is -0.493 e. The minimum atomic E-state index is -0.194. The first-order valence-electron chi connectivity index (χ1n) is 7.62. The van der Waals surface area contributed by atoms with Gasteiger partial charge >= 0.3 is 0 Å². The summed E-state index contributed by atoms with van der Waals surface area (Å²) in [7, 11) is 0. The molecule has 1 amide bonds. The SMILES string of the molecule is CCOc1ccc2ccccc2c1C(=O)Nc1nc(CSC)cs1. The van der Waals surface area contributed by atoms with Crippen molar-refractivity contribution in [3.63, 3.8) is 0 Å². The second-order valence-electron chi connectivity index (χ2n) is 5.12. The number of amides is 1. The quantitative estimate of drug-likeness (QED) is 0.687. The van der Waals surface area contributed by atoms with Gasteiger partial charge in [-0.3, -0.25) is 10.1 Å². The lowest BCUT2D eigenvalue weighted by atomic mass is 10.0. The smallest absolute Gasteiger partial charge is 0.261 e. The fourth-order valence-corrected chi connectivity index (χ4v) is 3.75. The van der Waals surface area contributed by atoms with Gasteiger partial charge in [-0.2, -0.15) is 11.8 Å². The van der Waals surface area contributed by atoms with E-state index in [1.54, 1.807) is 11.8 Å². The summed E-state index contributed by atoms with van der Waals surface area (Å²) >= 11 is 3.15. The summed E-state index contributed by atoms with van der Waals surface area (Å²) in [5, 5.41) is 7.37. The lowest BCUT2D eigenvalue weighted by molar-refractivity contribution is 0.102. The maximum atomic E-state index is 12.9. The number of hydrogen-bond donors (Lipinski definition) is 1. The van der Waals surface area contributed by atoms with Crippen LogP contribution in [0, 0.1) is 0 Å². The lowest BCUT2D eigenvalue weighted by Gasteiger charge is -2.12. The molecule has 1 aromatic heterocycles. The van der Waals surface area contributed by atoms with Crippen LogP contribution in [0.1, 0.15) is 23.0 Å². The summed E-state index contributed by atoms with van der Waals surface area (Å²) in [6.07, 6.45) is 2.03. The van der Waals surface area contributed by atoms with E-state index in [1.807, 2.05) is 55.0 Å². The van der Waals surface area contributed by atoms with E-state index in [9.17, 15) is 4.79 Å². The first kappa shape index (κ1) is 16.8. The van der Waals surface area contributed by atoms with Gasteiger partial charge in [-0.1, -0.05) is 30.3 Å². The Morgan fingerprint density at radius 2 is 2.12 bits per heavy atom. The van der Waals surface area contributed by atoms with Crippen LogP contribution in [0.15, 0.2) is 41.8 Å². The molecule has 0 fully saturated rings. The van der Waals surface area contributed by atoms with E-state index in [4.69, 9.17) is 4.74 Å². The highest BCUT2D eigenvalue weighted by molar-refractivity contribution is 7.97. The number of carbonyl (C=O) groups excluding carboxylic acids is 1. The number of fused-ring (bicyclic) bond motifs is 1. The van der Waals surface area contributed by atoms with Crippen molar-refractivity contribution in [2.24, 2.45) is 0 Å². The number of aromatic nitrogens is 1. The fraction of sp³-hybridized carbons (Fsp3) is 0.222. The van der Waals surface area contributed by atoms with Crippen LogP contribution in [0.4, 0.5) is 5.13 Å². The molecule has 3 aromatic rings. The van der Waals surface area contributed by atoms with Crippen LogP contribution in [0.5, 0.6) is 5.75 Å². The molecule has 0 aliphatic rings. The van der Waals surface area contributed by atoms with Crippen LogP contribution in [-0.4, -0.2) is 23.8 Å². The molecule has 2 aromatic carbocycles. The number of thiazole rings is 1. The summed E-state index contributed by atoms with van der Waals surface area (Å²) in [6, 6.07) is 11.6. The Hall–Kier alpha value is -2.05. The Labute approximate surface area is 149 Å². The zero-order chi connectivity index (χ0) is 16.9. The summed E-state index contributed by atoms with van der Waals surface area (Å²) in [6.45, 7) is 2.42. The predicted molar refractivity (Wildman–Crippen MR) is 102 cm³/mol. The number of nitrogens with one attached hydrogen (secondary N) is 1. The molecule has 124 valence electrons. The highest BCUT2D eigenvalue weighted by atomic mass is 32.2. The summed E-state index contributed by atoms with van der Waals surface area (Å²) < 4.78 is 5.67. The number of rotatable bonds is 6. The molecule has 0 atom stereocenters. The van der Waals surface area contributed by atoms with Gasteiger partial charge in [-0.05, 0) is 30.0 Å². The number of anilines is 1. The van der Waals surface area contributed by atoms with Crippen LogP contribution in [0.2, 0.25) is 0 Å². The van der Waals surface area contributed by atoms with Gasteiger partial charge in [0, 0.05) is 11.1 Å². The highest BCUT2D eigenvalue weighted by Crippen LogP contribution is 2.29. The zero-order valence-electron chi connectivity index (χ0n) is 13.5. The summed E-state index contributed by atoms with van der Waals surface area (Å²) in [5.74, 6) is 1.24. The van der Waals surface area contributed by atoms with E-state index in [1.165, 1.54) is 11.3 Å². The van der Waals surface area contributed by atoms with E-state index >= 15 is 0 Å². The van der Waals surface area contributed by atoms with Crippen molar-refractivity contribution in [2.75, 3.05) is 18.2 Å². The Balaban J connectivity index is 1.96. The number of ether oxygens (including phenoxy) is 1. The van der Waals surface area contributed by atoms with Crippen molar-refractivity contribution in [1.29, 1.82) is 0 Å². The molecule has 24 heavy (non-hydrogen) atoms. The molecule has 0 unspecified atom stereocenters. The van der Waals surface area contributed by atoms with Gasteiger partial charge in [0.1, 0.15) is 5.75 Å². The maximum Gasteiger partial charge on any atom is 0.261 e. The molecule has 0 spiro atoms. The summed E-state index contributed by atoms with van der Waals surface area (Å²) in [5.41, 5.74) is 1.53. The molecule has 0 saturated carbocycles. The fourth-order valence-electron chi connectivity index (χ4n) is 2.50. The van der Waals surface area contributed by atoms with Gasteiger partial charge in [0.05, 0.1) is 17.9 Å². The predicted octanol–water partition coefficient (Wildman–Crippen LogP) is 4.81. The second kappa shape index (κ2) is 7.68. The standard InChI is InChI=1S/C18H18N2O2S2/c1-3-22-15-9-8-12-6-4-5-7-14(12)16(15)17(21)20-18-19-13(10-23-2)11-24-18/h4-9,11H,3,10H2,1-2H3,(H,19,20,21). The molecule has 0 saturated heterocycles. The number of hydrogen-bond acceptors (Lipinski definition) is 5. The topological polar surface area (TPSA) is 51.2 Å². The molecule has 0 bridgehead atoms. The van der Waals surface area contributed by atoms with Crippen LogP contribution in [0.3, 0.4) is 0 Å². The van der Waals surface area contributed by atoms with E-state index in [0.717, 1.165) is 22.2 Å². The number of thioether (sulfide) groups is 1. The molecule has 1 N–H and O–H groups in total. The van der Waals surface area contributed by atoms with Crippen molar-refractivity contribution in [2.45, 2.75) is 12.7 Å². The third-order valence-electron chi connectivity index (χ3n) is 3.48. The molecule has 0 aliphatic carbocycles. The van der Waals surface area contributed by atoms with Crippen molar-refractivity contribution in [1.82, 2.24) is 4.98 Å². The number of carbonyl (C=O) groups is 1. The van der Waals surface area contributed by atoms with Crippen LogP contribution < -0.4 is 10.1 Å². The average molecular weight is 358 g/mol. The van der Waals surface area contributed by atoms with Gasteiger partial charge in [-0.25, -0.2) is 4.98 Å². The Morgan fingerprint density at radius 3 is 2.92 bits per heavy atom. The molecule has 4 nitrogen and oxygen atoms in total. The monoisotopic (exact) mass is 358 g/mol. The van der Waals surface area contributed by atoms with Crippen LogP contribution in [-0.2, 0) is 5.75 Å². The molecular weight excluding hydrogens is 340 g/mol. The van der Waals surface area contributed by atoms with Gasteiger partial charge in [0.2, 0.25) is 0 Å². The molecule has 3 rings (SSSR count). The maximum absolute atomic E-state index is 12.9. The average Bonchev–Trinajstić information content (AvgIpc) is 3.02. The van der Waals surface area contributed by atoms with Crippen LogP contribution >= 0.6 is 23.1 Å². The van der Waals surface area contributed by atoms with E-state index in [0.29, 0.717) is 23.1 Å². The van der Waals surface area contributed by atoms with Gasteiger partial charge < -0.3 is 4.74 Å². The largest absolute Gasteiger partial charge is 0.493 e. The third-order valence-corrected chi connectivity index (χ3v) is 4.87. The van der Waals surface area contributed by atoms with Crippen molar-refractivity contribution in [3.05, 3.63) is 53.0 Å². The number of benzene rings is 2. The van der Waals surface area contributed by atoms with E-state index < -0.39 is 0 Å². The van der Waals surface area contributed by atoms with Crippen molar-refractivity contribution >= 4 is 44.9 Å². The Kier molecular flexibility index (Phi) is 5.37. The molecule has 6 heteroatoms. The third kappa shape index (κ3) is 3.55. The van der Waals surface area contributed by atoms with Crippen molar-refractivity contribution in [3.8, 4) is 5.75 Å². The summed E-state index contributed by atoms with van der Waals surface area (Å²) in [4.78, 5) is 17.3. The molecule has 0 aliphatic heterocycles. The van der Waals surface area contributed by atoms with E-state index in [2.05, 4.69) is 10.3 Å². The van der Waals surface area contributed by atoms with Crippen molar-refractivity contribution < 1.29 is 9.53 Å². The van der Waals surface area contributed by atoms with Crippen LogP contribution in [0.25, 0.3) is 10.8 Å². The first-order chi connectivity index (χ1) is 11.7. The molecular formula is C18H18N2O2S2. The minimum absolute atomic E-state index is 0.194.